The lowest BCUT2D eigenvalue weighted by Gasteiger charge is -2.11. The molecule has 0 radical (unpaired) electrons. The Hall–Kier alpha value is -3.81. The van der Waals surface area contributed by atoms with Crippen molar-refractivity contribution in [3.63, 3.8) is 0 Å². The standard InChI is InChI=1S/C20H19N5O3/c1-27-15-6-3-2-5-14(15)18-19(25-11-10-21-13-17(25)24-18)22-8-9-23-20(26)16-7-4-12-28-16/h2-7,10-13,22H,8-9H2,1H3,(H,23,26). The fraction of sp³-hybridized carbons (Fsp3) is 0.150. The lowest BCUT2D eigenvalue weighted by molar-refractivity contribution is 0.0927. The van der Waals surface area contributed by atoms with Gasteiger partial charge in [-0.1, -0.05) is 12.1 Å². The summed E-state index contributed by atoms with van der Waals surface area (Å²) in [7, 11) is 1.63. The third-order valence-electron chi connectivity index (χ3n) is 4.24. The lowest BCUT2D eigenvalue weighted by Crippen LogP contribution is -2.28. The summed E-state index contributed by atoms with van der Waals surface area (Å²) in [5.41, 5.74) is 2.34. The largest absolute Gasteiger partial charge is 0.496 e. The van der Waals surface area contributed by atoms with Crippen molar-refractivity contribution in [2.24, 2.45) is 0 Å². The Kier molecular flexibility index (Phi) is 4.92. The molecule has 1 aromatic carbocycles. The van der Waals surface area contributed by atoms with Crippen LogP contribution in [0.5, 0.6) is 5.75 Å². The topological polar surface area (TPSA) is 93.7 Å². The Morgan fingerprint density at radius 1 is 1.21 bits per heavy atom. The Morgan fingerprint density at radius 2 is 2.11 bits per heavy atom. The molecule has 2 N–H and O–H groups in total. The van der Waals surface area contributed by atoms with Crippen LogP contribution < -0.4 is 15.4 Å². The third kappa shape index (κ3) is 3.39. The molecule has 0 saturated carbocycles. The molecule has 0 saturated heterocycles. The first-order chi connectivity index (χ1) is 13.8. The Bertz CT molecular complexity index is 1090. The van der Waals surface area contributed by atoms with Crippen molar-refractivity contribution in [3.8, 4) is 17.0 Å². The number of rotatable bonds is 7. The average Bonchev–Trinajstić information content (AvgIpc) is 3.39. The number of hydrogen-bond donors (Lipinski definition) is 2. The van der Waals surface area contributed by atoms with Gasteiger partial charge in [0.15, 0.2) is 11.4 Å². The van der Waals surface area contributed by atoms with Crippen LogP contribution in [0.4, 0.5) is 5.82 Å². The predicted octanol–water partition coefficient (Wildman–Crippen LogP) is 2.84. The van der Waals surface area contributed by atoms with Crippen molar-refractivity contribution in [1.29, 1.82) is 0 Å². The number of ether oxygens (including phenoxy) is 1. The van der Waals surface area contributed by atoms with Crippen molar-refractivity contribution >= 4 is 17.4 Å². The van der Waals surface area contributed by atoms with E-state index in [1.165, 1.54) is 6.26 Å². The normalized spacial score (nSPS) is 10.8. The minimum Gasteiger partial charge on any atom is -0.496 e. The van der Waals surface area contributed by atoms with Crippen LogP contribution in [0.2, 0.25) is 0 Å². The van der Waals surface area contributed by atoms with Crippen LogP contribution in [0.25, 0.3) is 16.9 Å². The molecule has 4 aromatic rings. The molecule has 4 rings (SSSR count). The van der Waals surface area contributed by atoms with E-state index in [2.05, 4.69) is 15.6 Å². The molecule has 0 aliphatic rings. The van der Waals surface area contributed by atoms with Gasteiger partial charge in [-0.2, -0.15) is 0 Å². The number of nitrogens with one attached hydrogen (secondary N) is 2. The molecule has 0 unspecified atom stereocenters. The van der Waals surface area contributed by atoms with Crippen LogP contribution in [0.3, 0.4) is 0 Å². The second kappa shape index (κ2) is 7.83. The van der Waals surface area contributed by atoms with E-state index in [0.717, 1.165) is 22.8 Å². The number of nitrogens with zero attached hydrogens (tertiary/aromatic N) is 3. The zero-order chi connectivity index (χ0) is 19.3. The third-order valence-corrected chi connectivity index (χ3v) is 4.24. The number of methoxy groups -OCH3 is 1. The van der Waals surface area contributed by atoms with Gasteiger partial charge < -0.3 is 19.8 Å². The summed E-state index contributed by atoms with van der Waals surface area (Å²) < 4.78 is 12.5. The van der Waals surface area contributed by atoms with Gasteiger partial charge in [-0.3, -0.25) is 14.2 Å². The number of furan rings is 1. The summed E-state index contributed by atoms with van der Waals surface area (Å²) in [6.07, 6.45) is 6.71. The van der Waals surface area contributed by atoms with Gasteiger partial charge >= 0.3 is 0 Å². The molecule has 0 aliphatic carbocycles. The number of carbonyl (C=O) groups is 1. The number of para-hydroxylation sites is 1. The maximum Gasteiger partial charge on any atom is 0.287 e. The van der Waals surface area contributed by atoms with Crippen molar-refractivity contribution in [3.05, 3.63) is 67.0 Å². The number of hydrogen-bond acceptors (Lipinski definition) is 6. The van der Waals surface area contributed by atoms with Crippen molar-refractivity contribution in [1.82, 2.24) is 19.7 Å². The van der Waals surface area contributed by atoms with E-state index >= 15 is 0 Å². The van der Waals surface area contributed by atoms with Gasteiger partial charge in [0, 0.05) is 31.0 Å². The maximum absolute atomic E-state index is 12.0. The van der Waals surface area contributed by atoms with E-state index in [0.29, 0.717) is 18.7 Å². The predicted molar refractivity (Wildman–Crippen MR) is 105 cm³/mol. The van der Waals surface area contributed by atoms with Crippen molar-refractivity contribution in [2.45, 2.75) is 0 Å². The summed E-state index contributed by atoms with van der Waals surface area (Å²) in [6.45, 7) is 0.925. The number of amides is 1. The highest BCUT2D eigenvalue weighted by Gasteiger charge is 2.17. The molecular formula is C20H19N5O3. The first kappa shape index (κ1) is 17.6. The molecule has 0 spiro atoms. The summed E-state index contributed by atoms with van der Waals surface area (Å²) in [5.74, 6) is 1.57. The number of imidazole rings is 1. The van der Waals surface area contributed by atoms with E-state index in [-0.39, 0.29) is 11.7 Å². The van der Waals surface area contributed by atoms with Gasteiger partial charge in [-0.05, 0) is 24.3 Å². The summed E-state index contributed by atoms with van der Waals surface area (Å²) in [5, 5.41) is 6.17. The van der Waals surface area contributed by atoms with Crippen LogP contribution in [0.15, 0.2) is 65.7 Å². The Labute approximate surface area is 161 Å². The van der Waals surface area contributed by atoms with E-state index in [1.54, 1.807) is 31.6 Å². The van der Waals surface area contributed by atoms with Crippen LogP contribution >= 0.6 is 0 Å². The number of benzene rings is 1. The van der Waals surface area contributed by atoms with Crippen LogP contribution in [0.1, 0.15) is 10.6 Å². The summed E-state index contributed by atoms with van der Waals surface area (Å²) >= 11 is 0. The number of fused-ring (bicyclic) bond motifs is 1. The van der Waals surface area contributed by atoms with Crippen molar-refractivity contribution in [2.75, 3.05) is 25.5 Å². The number of carbonyl (C=O) groups excluding carboxylic acids is 1. The average molecular weight is 377 g/mol. The molecule has 0 aliphatic heterocycles. The second-order valence-electron chi connectivity index (χ2n) is 5.97. The first-order valence-corrected chi connectivity index (χ1v) is 8.79. The second-order valence-corrected chi connectivity index (χ2v) is 5.97. The summed E-state index contributed by atoms with van der Waals surface area (Å²) in [6, 6.07) is 11.0. The van der Waals surface area contributed by atoms with Crippen LogP contribution in [-0.2, 0) is 0 Å². The quantitative estimate of drug-likeness (QED) is 0.481. The SMILES string of the molecule is COc1ccccc1-c1nc2cnccn2c1NCCNC(=O)c1ccco1. The highest BCUT2D eigenvalue weighted by atomic mass is 16.5. The van der Waals surface area contributed by atoms with E-state index < -0.39 is 0 Å². The van der Waals surface area contributed by atoms with Gasteiger partial charge in [-0.15, -0.1) is 0 Å². The Morgan fingerprint density at radius 3 is 2.93 bits per heavy atom. The molecule has 8 heteroatoms. The summed E-state index contributed by atoms with van der Waals surface area (Å²) in [4.78, 5) is 20.8. The smallest absolute Gasteiger partial charge is 0.287 e. The minimum absolute atomic E-state index is 0.251. The van der Waals surface area contributed by atoms with Gasteiger partial charge in [0.05, 0.1) is 19.6 Å². The molecular weight excluding hydrogens is 358 g/mol. The number of aromatic nitrogens is 3. The van der Waals surface area contributed by atoms with E-state index in [9.17, 15) is 4.79 Å². The molecule has 0 bridgehead atoms. The zero-order valence-electron chi connectivity index (χ0n) is 15.3. The molecule has 0 fully saturated rings. The Balaban J connectivity index is 1.56. The fourth-order valence-corrected chi connectivity index (χ4v) is 2.96. The highest BCUT2D eigenvalue weighted by molar-refractivity contribution is 5.91. The van der Waals surface area contributed by atoms with Crippen LogP contribution in [-0.4, -0.2) is 40.5 Å². The van der Waals surface area contributed by atoms with Gasteiger partial charge in [0.25, 0.3) is 5.91 Å². The van der Waals surface area contributed by atoms with E-state index in [4.69, 9.17) is 14.1 Å². The molecule has 142 valence electrons. The number of anilines is 1. The highest BCUT2D eigenvalue weighted by Crippen LogP contribution is 2.34. The molecule has 3 aromatic heterocycles. The molecule has 0 atom stereocenters. The molecule has 3 heterocycles. The van der Waals surface area contributed by atoms with E-state index in [1.807, 2.05) is 34.9 Å². The first-order valence-electron chi connectivity index (χ1n) is 8.79. The lowest BCUT2D eigenvalue weighted by atomic mass is 10.1. The minimum atomic E-state index is -0.251. The van der Waals surface area contributed by atoms with Crippen LogP contribution in [0, 0.1) is 0 Å². The van der Waals surface area contributed by atoms with Gasteiger partial charge in [0.2, 0.25) is 0 Å². The zero-order valence-corrected chi connectivity index (χ0v) is 15.3. The molecule has 8 nitrogen and oxygen atoms in total. The molecule has 1 amide bonds. The monoisotopic (exact) mass is 377 g/mol. The molecule has 28 heavy (non-hydrogen) atoms. The van der Waals surface area contributed by atoms with Crippen molar-refractivity contribution < 1.29 is 13.9 Å². The fourth-order valence-electron chi connectivity index (χ4n) is 2.96. The van der Waals surface area contributed by atoms with Gasteiger partial charge in [-0.25, -0.2) is 4.98 Å². The van der Waals surface area contributed by atoms with Gasteiger partial charge in [0.1, 0.15) is 17.3 Å². The maximum atomic E-state index is 12.0.